The van der Waals surface area contributed by atoms with Gasteiger partial charge in [-0.25, -0.2) is 0 Å². The van der Waals surface area contributed by atoms with E-state index in [-0.39, 0.29) is 0 Å². The second kappa shape index (κ2) is 5.65. The van der Waals surface area contributed by atoms with E-state index in [2.05, 4.69) is 35.4 Å². The van der Waals surface area contributed by atoms with Crippen molar-refractivity contribution >= 4 is 0 Å². The maximum Gasteiger partial charge on any atom is 0.0638 e. The van der Waals surface area contributed by atoms with E-state index in [0.717, 1.165) is 25.3 Å². The molecule has 0 aromatic carbocycles. The maximum atomic E-state index is 4.42. The van der Waals surface area contributed by atoms with Crippen molar-refractivity contribution in [3.63, 3.8) is 0 Å². The molecule has 0 aliphatic carbocycles. The van der Waals surface area contributed by atoms with E-state index >= 15 is 0 Å². The Hall–Kier alpha value is -0.870. The highest BCUT2D eigenvalue weighted by Gasteiger charge is 2.20. The summed E-state index contributed by atoms with van der Waals surface area (Å²) in [6.45, 7) is 8.80. The number of aromatic nitrogens is 2. The molecule has 1 aromatic heterocycles. The Balaban J connectivity index is 2.01. The fourth-order valence-electron chi connectivity index (χ4n) is 2.67. The molecule has 1 atom stereocenters. The van der Waals surface area contributed by atoms with Gasteiger partial charge in [-0.05, 0) is 32.9 Å². The van der Waals surface area contributed by atoms with Crippen LogP contribution in [0.2, 0.25) is 0 Å². The summed E-state index contributed by atoms with van der Waals surface area (Å²) in [6, 6.07) is 0.688. The summed E-state index contributed by atoms with van der Waals surface area (Å²) in [5.74, 6) is 0. The van der Waals surface area contributed by atoms with Gasteiger partial charge in [0.2, 0.25) is 0 Å². The molecule has 96 valence electrons. The van der Waals surface area contributed by atoms with Gasteiger partial charge in [0.05, 0.1) is 5.69 Å². The van der Waals surface area contributed by atoms with Crippen molar-refractivity contribution in [1.82, 2.24) is 20.0 Å². The van der Waals surface area contributed by atoms with Crippen molar-refractivity contribution < 1.29 is 0 Å². The molecule has 0 saturated carbocycles. The number of nitrogens with one attached hydrogen (secondary N) is 1. The van der Waals surface area contributed by atoms with Crippen LogP contribution >= 0.6 is 0 Å². The molecule has 1 aliphatic heterocycles. The molecule has 1 unspecified atom stereocenters. The van der Waals surface area contributed by atoms with E-state index in [1.54, 1.807) is 0 Å². The van der Waals surface area contributed by atoms with Crippen molar-refractivity contribution in [3.8, 4) is 0 Å². The first kappa shape index (κ1) is 12.6. The van der Waals surface area contributed by atoms with E-state index in [4.69, 9.17) is 0 Å². The lowest BCUT2D eigenvalue weighted by atomic mass is 10.1. The van der Waals surface area contributed by atoms with Crippen LogP contribution in [0.4, 0.5) is 0 Å². The van der Waals surface area contributed by atoms with Gasteiger partial charge in [-0.3, -0.25) is 9.58 Å². The molecular formula is C13H24N4. The Bertz CT molecular complexity index is 352. The first-order chi connectivity index (χ1) is 8.20. The fraction of sp³-hybridized carbons (Fsp3) is 0.769. The minimum absolute atomic E-state index is 0.688. The number of nitrogens with zero attached hydrogens (tertiary/aromatic N) is 3. The van der Waals surface area contributed by atoms with Crippen LogP contribution < -0.4 is 5.32 Å². The number of aryl methyl sites for hydroxylation is 2. The molecule has 1 fully saturated rings. The van der Waals surface area contributed by atoms with Crippen LogP contribution in [0.25, 0.3) is 0 Å². The summed E-state index contributed by atoms with van der Waals surface area (Å²) in [7, 11) is 1.99. The van der Waals surface area contributed by atoms with Crippen LogP contribution in [0.1, 0.15) is 31.0 Å². The molecule has 1 N–H and O–H groups in total. The Morgan fingerprint density at radius 3 is 2.94 bits per heavy atom. The largest absolute Gasteiger partial charge is 0.315 e. The predicted octanol–water partition coefficient (Wildman–Crippen LogP) is 1.30. The normalized spacial score (nSPS) is 21.1. The number of rotatable bonds is 4. The van der Waals surface area contributed by atoms with Crippen molar-refractivity contribution in [1.29, 1.82) is 0 Å². The topological polar surface area (TPSA) is 33.1 Å². The van der Waals surface area contributed by atoms with Crippen LogP contribution in [-0.2, 0) is 13.6 Å². The van der Waals surface area contributed by atoms with Crippen LogP contribution in [0.15, 0.2) is 6.20 Å². The van der Waals surface area contributed by atoms with E-state index < -0.39 is 0 Å². The Morgan fingerprint density at radius 2 is 2.41 bits per heavy atom. The second-order valence-electron chi connectivity index (χ2n) is 4.98. The van der Waals surface area contributed by atoms with Gasteiger partial charge >= 0.3 is 0 Å². The van der Waals surface area contributed by atoms with E-state index in [1.807, 2.05) is 11.7 Å². The summed E-state index contributed by atoms with van der Waals surface area (Å²) in [6.07, 6.45) is 4.77. The molecule has 1 aliphatic rings. The highest BCUT2D eigenvalue weighted by Crippen LogP contribution is 2.15. The smallest absolute Gasteiger partial charge is 0.0638 e. The van der Waals surface area contributed by atoms with Crippen LogP contribution in [0.3, 0.4) is 0 Å². The zero-order chi connectivity index (χ0) is 12.3. The lowest BCUT2D eigenvalue weighted by Gasteiger charge is -2.33. The van der Waals surface area contributed by atoms with Crippen LogP contribution in [-0.4, -0.2) is 40.4 Å². The molecule has 0 radical (unpaired) electrons. The SMILES string of the molecule is CCN(Cc1cn(C)nc1C)C1CCCNC1. The molecule has 4 heteroatoms. The third-order valence-corrected chi connectivity index (χ3v) is 3.68. The summed E-state index contributed by atoms with van der Waals surface area (Å²) >= 11 is 0. The number of piperidine rings is 1. The van der Waals surface area contributed by atoms with Crippen molar-refractivity contribution in [2.75, 3.05) is 19.6 Å². The third kappa shape index (κ3) is 3.07. The minimum atomic E-state index is 0.688. The number of hydrogen-bond donors (Lipinski definition) is 1. The number of likely N-dealkylation sites (N-methyl/N-ethyl adjacent to an activating group) is 1. The molecule has 0 amide bonds. The average molecular weight is 236 g/mol. The Morgan fingerprint density at radius 1 is 1.59 bits per heavy atom. The second-order valence-corrected chi connectivity index (χ2v) is 4.98. The van der Waals surface area contributed by atoms with Gasteiger partial charge in [0.25, 0.3) is 0 Å². The van der Waals surface area contributed by atoms with Gasteiger partial charge in [0, 0.05) is 37.9 Å². The van der Waals surface area contributed by atoms with Crippen molar-refractivity contribution in [3.05, 3.63) is 17.5 Å². The fourth-order valence-corrected chi connectivity index (χ4v) is 2.67. The third-order valence-electron chi connectivity index (χ3n) is 3.68. The highest BCUT2D eigenvalue weighted by atomic mass is 15.3. The molecular weight excluding hydrogens is 212 g/mol. The Kier molecular flexibility index (Phi) is 4.18. The zero-order valence-electron chi connectivity index (χ0n) is 11.2. The van der Waals surface area contributed by atoms with Crippen LogP contribution in [0.5, 0.6) is 0 Å². The van der Waals surface area contributed by atoms with Gasteiger partial charge in [-0.15, -0.1) is 0 Å². The molecule has 2 rings (SSSR count). The molecule has 4 nitrogen and oxygen atoms in total. The lowest BCUT2D eigenvalue weighted by molar-refractivity contribution is 0.166. The standard InChI is InChI=1S/C13H24N4/c1-4-17(13-6-5-7-14-8-13)10-12-9-16(3)15-11(12)2/h9,13-14H,4-8,10H2,1-3H3. The zero-order valence-corrected chi connectivity index (χ0v) is 11.2. The highest BCUT2D eigenvalue weighted by molar-refractivity contribution is 5.15. The monoisotopic (exact) mass is 236 g/mol. The number of hydrogen-bond acceptors (Lipinski definition) is 3. The van der Waals surface area contributed by atoms with Gasteiger partial charge in [0.15, 0.2) is 0 Å². The summed E-state index contributed by atoms with van der Waals surface area (Å²) in [4.78, 5) is 2.57. The molecule has 2 heterocycles. The maximum absolute atomic E-state index is 4.42. The summed E-state index contributed by atoms with van der Waals surface area (Å²) < 4.78 is 1.91. The minimum Gasteiger partial charge on any atom is -0.315 e. The average Bonchev–Trinajstić information content (AvgIpc) is 2.66. The summed E-state index contributed by atoms with van der Waals surface area (Å²) in [5, 5.41) is 7.91. The lowest BCUT2D eigenvalue weighted by Crippen LogP contribution is -2.45. The van der Waals surface area contributed by atoms with Crippen molar-refractivity contribution in [2.24, 2.45) is 7.05 Å². The van der Waals surface area contributed by atoms with Crippen molar-refractivity contribution in [2.45, 2.75) is 39.3 Å². The van der Waals surface area contributed by atoms with Gasteiger partial charge in [0.1, 0.15) is 0 Å². The van der Waals surface area contributed by atoms with E-state index in [0.29, 0.717) is 6.04 Å². The van der Waals surface area contributed by atoms with Gasteiger partial charge in [-0.2, -0.15) is 5.10 Å². The van der Waals surface area contributed by atoms with Crippen LogP contribution in [0, 0.1) is 6.92 Å². The van der Waals surface area contributed by atoms with E-state index in [1.165, 1.54) is 24.9 Å². The molecule has 0 spiro atoms. The quantitative estimate of drug-likeness (QED) is 0.855. The first-order valence-electron chi connectivity index (χ1n) is 6.64. The molecule has 1 aromatic rings. The first-order valence-corrected chi connectivity index (χ1v) is 6.64. The molecule has 1 saturated heterocycles. The molecule has 17 heavy (non-hydrogen) atoms. The Labute approximate surface area is 104 Å². The van der Waals surface area contributed by atoms with E-state index in [9.17, 15) is 0 Å². The summed E-state index contributed by atoms with van der Waals surface area (Å²) in [5.41, 5.74) is 2.52. The van der Waals surface area contributed by atoms with Gasteiger partial charge < -0.3 is 5.32 Å². The predicted molar refractivity (Wildman–Crippen MR) is 69.9 cm³/mol. The van der Waals surface area contributed by atoms with Gasteiger partial charge in [-0.1, -0.05) is 6.92 Å². The molecule has 0 bridgehead atoms.